The Hall–Kier alpha value is -1.00. The van der Waals surface area contributed by atoms with Crippen molar-refractivity contribution in [1.29, 1.82) is 0 Å². The van der Waals surface area contributed by atoms with Gasteiger partial charge in [-0.05, 0) is 58.1 Å². The Bertz CT molecular complexity index is 434. The van der Waals surface area contributed by atoms with Gasteiger partial charge in [-0.1, -0.05) is 19.9 Å². The van der Waals surface area contributed by atoms with Gasteiger partial charge in [0.25, 0.3) is 0 Å². The van der Waals surface area contributed by atoms with Crippen molar-refractivity contribution in [3.63, 3.8) is 0 Å². The van der Waals surface area contributed by atoms with Crippen LogP contribution in [0, 0.1) is 11.6 Å². The number of nitrogens with one attached hydrogen (secondary N) is 1. The molecule has 2 unspecified atom stereocenters. The summed E-state index contributed by atoms with van der Waals surface area (Å²) in [6, 6.07) is 4.34. The van der Waals surface area contributed by atoms with Crippen molar-refractivity contribution in [2.75, 3.05) is 20.6 Å². The molecule has 0 aliphatic carbocycles. The number of nitrogens with zero attached hydrogens (tertiary/aromatic N) is 1. The van der Waals surface area contributed by atoms with E-state index in [4.69, 9.17) is 0 Å². The van der Waals surface area contributed by atoms with Crippen molar-refractivity contribution in [2.24, 2.45) is 0 Å². The Kier molecular flexibility index (Phi) is 6.08. The lowest BCUT2D eigenvalue weighted by Gasteiger charge is -2.43. The highest BCUT2D eigenvalue weighted by atomic mass is 19.2. The topological polar surface area (TPSA) is 15.3 Å². The lowest BCUT2D eigenvalue weighted by atomic mass is 9.84. The fourth-order valence-electron chi connectivity index (χ4n) is 2.53. The van der Waals surface area contributed by atoms with E-state index in [0.29, 0.717) is 6.42 Å². The largest absolute Gasteiger partial charge is 0.312 e. The normalized spacial score (nSPS) is 16.2. The summed E-state index contributed by atoms with van der Waals surface area (Å²) in [5.74, 6) is -1.57. The standard InChI is InChI=1S/C16H26F2N2/c1-6-16(3,20(4)5)15(19-7-2)11-12-8-9-13(17)14(18)10-12/h8-10,15,19H,6-7,11H2,1-5H3. The summed E-state index contributed by atoms with van der Waals surface area (Å²) in [7, 11) is 4.11. The zero-order valence-corrected chi connectivity index (χ0v) is 13.1. The smallest absolute Gasteiger partial charge is 0.159 e. The van der Waals surface area contributed by atoms with Crippen molar-refractivity contribution in [1.82, 2.24) is 10.2 Å². The van der Waals surface area contributed by atoms with Crippen molar-refractivity contribution in [3.05, 3.63) is 35.4 Å². The average molecular weight is 284 g/mol. The molecule has 114 valence electrons. The van der Waals surface area contributed by atoms with Crippen LogP contribution in [-0.2, 0) is 6.42 Å². The van der Waals surface area contributed by atoms with Crippen molar-refractivity contribution in [2.45, 2.75) is 45.2 Å². The zero-order chi connectivity index (χ0) is 15.3. The Labute approximate surface area is 121 Å². The van der Waals surface area contributed by atoms with Crippen molar-refractivity contribution < 1.29 is 8.78 Å². The van der Waals surface area contributed by atoms with Crippen LogP contribution in [0.3, 0.4) is 0 Å². The molecule has 1 rings (SSSR count). The van der Waals surface area contributed by atoms with Crippen LogP contribution in [0.2, 0.25) is 0 Å². The lowest BCUT2D eigenvalue weighted by molar-refractivity contribution is 0.113. The molecule has 1 N–H and O–H groups in total. The minimum atomic E-state index is -0.792. The van der Waals surface area contributed by atoms with Crippen LogP contribution in [-0.4, -0.2) is 37.1 Å². The third-order valence-corrected chi connectivity index (χ3v) is 4.36. The molecule has 4 heteroatoms. The van der Waals surface area contributed by atoms with Gasteiger partial charge in [-0.25, -0.2) is 8.78 Å². The van der Waals surface area contributed by atoms with Crippen LogP contribution >= 0.6 is 0 Å². The highest BCUT2D eigenvalue weighted by Crippen LogP contribution is 2.24. The SMILES string of the molecule is CCNC(Cc1ccc(F)c(F)c1)C(C)(CC)N(C)C. The average Bonchev–Trinajstić information content (AvgIpc) is 2.41. The van der Waals surface area contributed by atoms with E-state index in [0.717, 1.165) is 18.5 Å². The first-order valence-electron chi connectivity index (χ1n) is 7.19. The van der Waals surface area contributed by atoms with E-state index in [1.807, 2.05) is 0 Å². The molecule has 0 aliphatic heterocycles. The van der Waals surface area contributed by atoms with Crippen LogP contribution in [0.5, 0.6) is 0 Å². The van der Waals surface area contributed by atoms with E-state index in [9.17, 15) is 8.78 Å². The van der Waals surface area contributed by atoms with Crippen LogP contribution in [0.25, 0.3) is 0 Å². The first kappa shape index (κ1) is 17.1. The second kappa shape index (κ2) is 7.14. The Morgan fingerprint density at radius 3 is 2.30 bits per heavy atom. The quantitative estimate of drug-likeness (QED) is 0.827. The minimum absolute atomic E-state index is 0.0408. The second-order valence-corrected chi connectivity index (χ2v) is 5.67. The second-order valence-electron chi connectivity index (χ2n) is 5.67. The van der Waals surface area contributed by atoms with Gasteiger partial charge in [-0.3, -0.25) is 0 Å². The predicted molar refractivity (Wildman–Crippen MR) is 79.9 cm³/mol. The zero-order valence-electron chi connectivity index (χ0n) is 13.1. The maximum Gasteiger partial charge on any atom is 0.159 e. The predicted octanol–water partition coefficient (Wildman–Crippen LogP) is 3.22. The summed E-state index contributed by atoms with van der Waals surface area (Å²) in [6.07, 6.45) is 1.65. The van der Waals surface area contributed by atoms with Crippen molar-refractivity contribution >= 4 is 0 Å². The van der Waals surface area contributed by atoms with Gasteiger partial charge in [0, 0.05) is 11.6 Å². The Morgan fingerprint density at radius 2 is 1.85 bits per heavy atom. The highest BCUT2D eigenvalue weighted by Gasteiger charge is 2.34. The van der Waals surface area contributed by atoms with E-state index in [1.54, 1.807) is 6.07 Å². The van der Waals surface area contributed by atoms with Gasteiger partial charge in [0.1, 0.15) is 0 Å². The van der Waals surface area contributed by atoms with Crippen LogP contribution < -0.4 is 5.32 Å². The van der Waals surface area contributed by atoms with Crippen LogP contribution in [0.4, 0.5) is 8.78 Å². The maximum atomic E-state index is 13.3. The Balaban J connectivity index is 2.99. The number of benzene rings is 1. The summed E-state index contributed by atoms with van der Waals surface area (Å²) in [6.45, 7) is 7.25. The monoisotopic (exact) mass is 284 g/mol. The van der Waals surface area contributed by atoms with E-state index >= 15 is 0 Å². The molecule has 0 heterocycles. The molecule has 0 saturated carbocycles. The van der Waals surface area contributed by atoms with Gasteiger partial charge >= 0.3 is 0 Å². The summed E-state index contributed by atoms with van der Waals surface area (Å²) in [5.41, 5.74) is 0.775. The highest BCUT2D eigenvalue weighted by molar-refractivity contribution is 5.20. The van der Waals surface area contributed by atoms with E-state index in [-0.39, 0.29) is 11.6 Å². The first-order chi connectivity index (χ1) is 9.35. The maximum absolute atomic E-state index is 13.3. The molecule has 0 aromatic heterocycles. The van der Waals surface area contributed by atoms with Gasteiger partial charge in [0.15, 0.2) is 11.6 Å². The van der Waals surface area contributed by atoms with Gasteiger partial charge in [-0.15, -0.1) is 0 Å². The van der Waals surface area contributed by atoms with Gasteiger partial charge in [0.05, 0.1) is 0 Å². The number of hydrogen-bond donors (Lipinski definition) is 1. The van der Waals surface area contributed by atoms with E-state index in [2.05, 4.69) is 45.1 Å². The van der Waals surface area contributed by atoms with Crippen LogP contribution in [0.15, 0.2) is 18.2 Å². The molecular formula is C16H26F2N2. The molecule has 2 atom stereocenters. The number of rotatable bonds is 7. The molecule has 20 heavy (non-hydrogen) atoms. The lowest BCUT2D eigenvalue weighted by Crippen LogP contribution is -2.57. The first-order valence-corrected chi connectivity index (χ1v) is 7.19. The summed E-state index contributed by atoms with van der Waals surface area (Å²) in [5, 5.41) is 3.48. The molecule has 1 aromatic rings. The summed E-state index contributed by atoms with van der Waals surface area (Å²) < 4.78 is 26.4. The molecule has 0 aliphatic rings. The molecular weight excluding hydrogens is 258 g/mol. The fraction of sp³-hybridized carbons (Fsp3) is 0.625. The minimum Gasteiger partial charge on any atom is -0.312 e. The van der Waals surface area contributed by atoms with E-state index < -0.39 is 11.6 Å². The molecule has 0 bridgehead atoms. The Morgan fingerprint density at radius 1 is 1.20 bits per heavy atom. The van der Waals surface area contributed by atoms with E-state index in [1.165, 1.54) is 12.1 Å². The number of likely N-dealkylation sites (N-methyl/N-ethyl adjacent to an activating group) is 2. The number of hydrogen-bond acceptors (Lipinski definition) is 2. The molecule has 0 saturated heterocycles. The van der Waals surface area contributed by atoms with Gasteiger partial charge in [0.2, 0.25) is 0 Å². The summed E-state index contributed by atoms with van der Waals surface area (Å²) in [4.78, 5) is 2.19. The molecule has 0 spiro atoms. The fourth-order valence-corrected chi connectivity index (χ4v) is 2.53. The molecule has 1 aromatic carbocycles. The van der Waals surface area contributed by atoms with Crippen LogP contribution in [0.1, 0.15) is 32.8 Å². The van der Waals surface area contributed by atoms with Gasteiger partial charge < -0.3 is 10.2 Å². The summed E-state index contributed by atoms with van der Waals surface area (Å²) >= 11 is 0. The number of halogens is 2. The van der Waals surface area contributed by atoms with Gasteiger partial charge in [-0.2, -0.15) is 0 Å². The molecule has 0 fully saturated rings. The molecule has 0 radical (unpaired) electrons. The third-order valence-electron chi connectivity index (χ3n) is 4.36. The molecule has 2 nitrogen and oxygen atoms in total. The van der Waals surface area contributed by atoms with Crippen molar-refractivity contribution in [3.8, 4) is 0 Å². The molecule has 0 amide bonds. The third kappa shape index (κ3) is 3.76.